The summed E-state index contributed by atoms with van der Waals surface area (Å²) in [5, 5.41) is 8.71. The minimum absolute atomic E-state index is 0.00841. The Morgan fingerprint density at radius 1 is 1.42 bits per heavy atom. The smallest absolute Gasteiger partial charge is 0.415 e. The number of aryl methyl sites for hydroxylation is 1. The molecular formula is C14H17NO4. The maximum Gasteiger partial charge on any atom is 0.415 e. The molecule has 0 saturated carbocycles. The summed E-state index contributed by atoms with van der Waals surface area (Å²) in [5.41, 5.74) is 1.15. The molecule has 102 valence electrons. The molecule has 2 rings (SSSR count). The molecule has 0 radical (unpaired) electrons. The van der Waals surface area contributed by atoms with Gasteiger partial charge in [-0.15, -0.1) is 0 Å². The van der Waals surface area contributed by atoms with Crippen molar-refractivity contribution in [2.24, 2.45) is 0 Å². The van der Waals surface area contributed by atoms with Gasteiger partial charge in [0.15, 0.2) is 0 Å². The molecule has 0 aliphatic carbocycles. The Labute approximate surface area is 111 Å². The predicted octanol–water partition coefficient (Wildman–Crippen LogP) is 2.58. The number of nitrogens with zero attached hydrogens (tertiary/aromatic N) is 1. The standard InChI is InChI=1S/C14H17NO4/c1-10-3-5-11(6-4-10)15-9-14(2,19-13(15)18)8-7-12(16)17/h3-6H,7-9H2,1-2H3,(H,16,17). The first-order valence-electron chi connectivity index (χ1n) is 6.19. The van der Waals surface area contributed by atoms with Crippen molar-refractivity contribution in [2.45, 2.75) is 32.3 Å². The molecule has 1 aromatic rings. The fourth-order valence-corrected chi connectivity index (χ4v) is 2.12. The number of hydrogen-bond donors (Lipinski definition) is 1. The zero-order valence-corrected chi connectivity index (χ0v) is 11.0. The molecule has 1 N–H and O–H groups in total. The Kier molecular flexibility index (Phi) is 3.46. The molecule has 1 aromatic carbocycles. The first-order chi connectivity index (χ1) is 8.89. The summed E-state index contributed by atoms with van der Waals surface area (Å²) in [6.45, 7) is 4.12. The molecule has 0 aromatic heterocycles. The van der Waals surface area contributed by atoms with Crippen LogP contribution >= 0.6 is 0 Å². The Balaban J connectivity index is 2.10. The molecule has 5 nitrogen and oxygen atoms in total. The third-order valence-corrected chi connectivity index (χ3v) is 3.26. The van der Waals surface area contributed by atoms with Gasteiger partial charge in [0.1, 0.15) is 5.60 Å². The quantitative estimate of drug-likeness (QED) is 0.906. The van der Waals surface area contributed by atoms with Crippen LogP contribution in [0.15, 0.2) is 24.3 Å². The third kappa shape index (κ3) is 3.05. The van der Waals surface area contributed by atoms with Gasteiger partial charge in [-0.2, -0.15) is 0 Å². The van der Waals surface area contributed by atoms with E-state index in [4.69, 9.17) is 9.84 Å². The Bertz CT molecular complexity index is 497. The lowest BCUT2D eigenvalue weighted by Crippen LogP contribution is -2.32. The van der Waals surface area contributed by atoms with Crippen molar-refractivity contribution >= 4 is 17.7 Å². The second kappa shape index (κ2) is 4.91. The molecule has 1 saturated heterocycles. The van der Waals surface area contributed by atoms with Gasteiger partial charge in [0.05, 0.1) is 6.54 Å². The van der Waals surface area contributed by atoms with E-state index in [1.165, 1.54) is 0 Å². The van der Waals surface area contributed by atoms with Gasteiger partial charge in [-0.05, 0) is 32.4 Å². The van der Waals surface area contributed by atoms with Crippen LogP contribution in [0, 0.1) is 6.92 Å². The number of aliphatic carboxylic acids is 1. The molecule has 1 aliphatic heterocycles. The second-order valence-electron chi connectivity index (χ2n) is 5.13. The number of benzene rings is 1. The molecule has 1 unspecified atom stereocenters. The molecule has 1 heterocycles. The van der Waals surface area contributed by atoms with Crippen LogP contribution in [0.2, 0.25) is 0 Å². The highest BCUT2D eigenvalue weighted by molar-refractivity contribution is 5.90. The van der Waals surface area contributed by atoms with Crippen LogP contribution in [-0.2, 0) is 9.53 Å². The average molecular weight is 263 g/mol. The van der Waals surface area contributed by atoms with Crippen molar-refractivity contribution in [1.29, 1.82) is 0 Å². The number of amides is 1. The lowest BCUT2D eigenvalue weighted by atomic mass is 10.00. The molecular weight excluding hydrogens is 246 g/mol. The number of hydrogen-bond acceptors (Lipinski definition) is 3. The van der Waals surface area contributed by atoms with Crippen LogP contribution < -0.4 is 4.90 Å². The van der Waals surface area contributed by atoms with Gasteiger partial charge >= 0.3 is 12.1 Å². The van der Waals surface area contributed by atoms with Gasteiger partial charge in [0.25, 0.3) is 0 Å². The highest BCUT2D eigenvalue weighted by Crippen LogP contribution is 2.31. The zero-order chi connectivity index (χ0) is 14.0. The Morgan fingerprint density at radius 2 is 2.05 bits per heavy atom. The van der Waals surface area contributed by atoms with Crippen molar-refractivity contribution in [2.75, 3.05) is 11.4 Å². The first-order valence-corrected chi connectivity index (χ1v) is 6.19. The summed E-state index contributed by atoms with van der Waals surface area (Å²) >= 11 is 0. The Hall–Kier alpha value is -2.04. The largest absolute Gasteiger partial charge is 0.481 e. The molecule has 1 fully saturated rings. The minimum atomic E-state index is -0.883. The molecule has 1 amide bonds. The van der Waals surface area contributed by atoms with Gasteiger partial charge in [-0.3, -0.25) is 9.69 Å². The summed E-state index contributed by atoms with van der Waals surface area (Å²) in [7, 11) is 0. The summed E-state index contributed by atoms with van der Waals surface area (Å²) in [6.07, 6.45) is -0.112. The minimum Gasteiger partial charge on any atom is -0.481 e. The molecule has 5 heteroatoms. The number of carbonyl (C=O) groups is 2. The summed E-state index contributed by atoms with van der Waals surface area (Å²) in [5.74, 6) is -0.883. The number of carbonyl (C=O) groups excluding carboxylic acids is 1. The van der Waals surface area contributed by atoms with Crippen molar-refractivity contribution in [3.8, 4) is 0 Å². The molecule has 19 heavy (non-hydrogen) atoms. The van der Waals surface area contributed by atoms with Gasteiger partial charge in [0, 0.05) is 12.1 Å². The lowest BCUT2D eigenvalue weighted by molar-refractivity contribution is -0.138. The number of carboxylic acid groups (broad SMARTS) is 1. The van der Waals surface area contributed by atoms with Crippen molar-refractivity contribution in [3.05, 3.63) is 29.8 Å². The highest BCUT2D eigenvalue weighted by atomic mass is 16.6. The maximum atomic E-state index is 11.9. The highest BCUT2D eigenvalue weighted by Gasteiger charge is 2.42. The van der Waals surface area contributed by atoms with E-state index < -0.39 is 17.7 Å². The van der Waals surface area contributed by atoms with Crippen molar-refractivity contribution in [3.63, 3.8) is 0 Å². The van der Waals surface area contributed by atoms with E-state index >= 15 is 0 Å². The zero-order valence-electron chi connectivity index (χ0n) is 11.0. The van der Waals surface area contributed by atoms with Crippen molar-refractivity contribution in [1.82, 2.24) is 0 Å². The normalized spacial score (nSPS) is 22.4. The number of ether oxygens (including phenoxy) is 1. The topological polar surface area (TPSA) is 66.8 Å². The van der Waals surface area contributed by atoms with Gasteiger partial charge in [-0.25, -0.2) is 4.79 Å². The third-order valence-electron chi connectivity index (χ3n) is 3.26. The van der Waals surface area contributed by atoms with Crippen LogP contribution in [0.1, 0.15) is 25.3 Å². The maximum absolute atomic E-state index is 11.9. The Morgan fingerprint density at radius 3 is 2.63 bits per heavy atom. The lowest BCUT2D eigenvalue weighted by Gasteiger charge is -2.20. The van der Waals surface area contributed by atoms with Crippen LogP contribution in [0.4, 0.5) is 10.5 Å². The fraction of sp³-hybridized carbons (Fsp3) is 0.429. The summed E-state index contributed by atoms with van der Waals surface area (Å²) in [4.78, 5) is 24.0. The second-order valence-corrected chi connectivity index (χ2v) is 5.13. The number of rotatable bonds is 4. The summed E-state index contributed by atoms with van der Waals surface area (Å²) < 4.78 is 5.32. The monoisotopic (exact) mass is 263 g/mol. The van der Waals surface area contributed by atoms with E-state index in [0.717, 1.165) is 11.3 Å². The first kappa shape index (κ1) is 13.4. The van der Waals surface area contributed by atoms with E-state index in [0.29, 0.717) is 13.0 Å². The predicted molar refractivity (Wildman–Crippen MR) is 70.3 cm³/mol. The fourth-order valence-electron chi connectivity index (χ4n) is 2.12. The van der Waals surface area contributed by atoms with Crippen LogP contribution in [0.5, 0.6) is 0 Å². The van der Waals surface area contributed by atoms with Crippen LogP contribution in [0.3, 0.4) is 0 Å². The van der Waals surface area contributed by atoms with E-state index in [9.17, 15) is 9.59 Å². The molecule has 1 aliphatic rings. The molecule has 0 spiro atoms. The molecule has 1 atom stereocenters. The number of anilines is 1. The van der Waals surface area contributed by atoms with E-state index in [1.54, 1.807) is 11.8 Å². The van der Waals surface area contributed by atoms with E-state index in [2.05, 4.69) is 0 Å². The van der Waals surface area contributed by atoms with Gasteiger partial charge < -0.3 is 9.84 Å². The van der Waals surface area contributed by atoms with Gasteiger partial charge in [-0.1, -0.05) is 17.7 Å². The number of carboxylic acids is 1. The van der Waals surface area contributed by atoms with Crippen LogP contribution in [0.25, 0.3) is 0 Å². The SMILES string of the molecule is Cc1ccc(N2CC(C)(CCC(=O)O)OC2=O)cc1. The molecule has 0 bridgehead atoms. The number of cyclic esters (lactones) is 1. The van der Waals surface area contributed by atoms with Crippen molar-refractivity contribution < 1.29 is 19.4 Å². The van der Waals surface area contributed by atoms with Crippen LogP contribution in [-0.4, -0.2) is 29.3 Å². The van der Waals surface area contributed by atoms with E-state index in [1.807, 2.05) is 31.2 Å². The van der Waals surface area contributed by atoms with E-state index in [-0.39, 0.29) is 6.42 Å². The summed E-state index contributed by atoms with van der Waals surface area (Å²) in [6, 6.07) is 7.57. The van der Waals surface area contributed by atoms with Gasteiger partial charge in [0.2, 0.25) is 0 Å². The average Bonchev–Trinajstić information content (AvgIpc) is 2.64.